The van der Waals surface area contributed by atoms with Crippen molar-refractivity contribution in [3.05, 3.63) is 53.0 Å². The number of carbonyl (C=O) groups excluding carboxylic acids is 2. The number of aromatic nitrogens is 2. The molecule has 2 saturated heterocycles. The van der Waals surface area contributed by atoms with Crippen molar-refractivity contribution in [3.63, 3.8) is 0 Å². The van der Waals surface area contributed by atoms with E-state index in [9.17, 15) is 9.59 Å². The Kier molecular flexibility index (Phi) is 5.91. The van der Waals surface area contributed by atoms with Crippen LogP contribution in [0.25, 0.3) is 0 Å². The lowest BCUT2D eigenvalue weighted by Gasteiger charge is -2.31. The first kappa shape index (κ1) is 21.1. The summed E-state index contributed by atoms with van der Waals surface area (Å²) in [5.41, 5.74) is 3.11. The third kappa shape index (κ3) is 4.13. The number of benzene rings is 1. The van der Waals surface area contributed by atoms with Crippen LogP contribution in [0.5, 0.6) is 0 Å². The average molecular weight is 434 g/mol. The molecule has 5 rings (SSSR count). The third-order valence-electron chi connectivity index (χ3n) is 7.00. The Morgan fingerprint density at radius 3 is 2.59 bits per heavy atom. The molecule has 1 atom stereocenters. The molecule has 1 unspecified atom stereocenters. The quantitative estimate of drug-likeness (QED) is 0.725. The van der Waals surface area contributed by atoms with Gasteiger partial charge < -0.3 is 4.90 Å². The van der Waals surface area contributed by atoms with Crippen LogP contribution in [0.1, 0.15) is 60.8 Å². The highest BCUT2D eigenvalue weighted by molar-refractivity contribution is 5.95. The molecule has 0 N–H and O–H groups in total. The Morgan fingerprint density at radius 1 is 1.03 bits per heavy atom. The molecule has 0 spiro atoms. The second-order valence-corrected chi connectivity index (χ2v) is 9.15. The highest BCUT2D eigenvalue weighted by atomic mass is 16.2. The molecular formula is C25H31N5O2. The molecule has 2 amide bonds. The summed E-state index contributed by atoms with van der Waals surface area (Å²) in [7, 11) is 0. The molecule has 3 aliphatic heterocycles. The second-order valence-electron chi connectivity index (χ2n) is 9.15. The molecule has 7 nitrogen and oxygen atoms in total. The fourth-order valence-electron chi connectivity index (χ4n) is 5.23. The lowest BCUT2D eigenvalue weighted by molar-refractivity contribution is -0.131. The van der Waals surface area contributed by atoms with E-state index < -0.39 is 0 Å². The van der Waals surface area contributed by atoms with Gasteiger partial charge >= 0.3 is 0 Å². The molecule has 3 aliphatic rings. The van der Waals surface area contributed by atoms with Crippen molar-refractivity contribution in [1.82, 2.24) is 19.8 Å². The van der Waals surface area contributed by atoms with Crippen LogP contribution >= 0.6 is 0 Å². The van der Waals surface area contributed by atoms with Gasteiger partial charge in [0.1, 0.15) is 11.6 Å². The maximum Gasteiger partial charge on any atom is 0.236 e. The van der Waals surface area contributed by atoms with Crippen LogP contribution in [0.15, 0.2) is 30.3 Å². The average Bonchev–Trinajstić information content (AvgIpc) is 3.49. The van der Waals surface area contributed by atoms with Crippen LogP contribution in [-0.4, -0.2) is 57.8 Å². The molecule has 0 aliphatic carbocycles. The van der Waals surface area contributed by atoms with Gasteiger partial charge in [0.05, 0.1) is 19.1 Å². The summed E-state index contributed by atoms with van der Waals surface area (Å²) in [5, 5.41) is 0. The number of anilines is 1. The van der Waals surface area contributed by atoms with Gasteiger partial charge in [-0.2, -0.15) is 0 Å². The summed E-state index contributed by atoms with van der Waals surface area (Å²) in [4.78, 5) is 41.5. The van der Waals surface area contributed by atoms with E-state index in [-0.39, 0.29) is 17.9 Å². The monoisotopic (exact) mass is 433 g/mol. The molecule has 0 bridgehead atoms. The fourth-order valence-corrected chi connectivity index (χ4v) is 5.23. The van der Waals surface area contributed by atoms with Gasteiger partial charge in [-0.1, -0.05) is 30.3 Å². The standard InChI is InChI=1S/C25H31N5O2/c1-18-20-11-12-22(31)30(16-19-8-3-2-4-9-19)25(20)27-24(26-18)21-10-7-15-29(21)17-23(32)28-13-5-6-14-28/h2-4,8-9,21H,5-7,10-17H2,1H3. The largest absolute Gasteiger partial charge is 0.342 e. The molecule has 4 heterocycles. The first-order chi connectivity index (χ1) is 15.6. The number of fused-ring (bicyclic) bond motifs is 1. The number of rotatable bonds is 5. The Bertz CT molecular complexity index is 1000. The summed E-state index contributed by atoms with van der Waals surface area (Å²) in [5.74, 6) is 1.83. The van der Waals surface area contributed by atoms with Gasteiger partial charge in [0.15, 0.2) is 0 Å². The zero-order chi connectivity index (χ0) is 22.1. The van der Waals surface area contributed by atoms with E-state index in [1.807, 2.05) is 47.1 Å². The van der Waals surface area contributed by atoms with Crippen molar-refractivity contribution in [2.24, 2.45) is 0 Å². The van der Waals surface area contributed by atoms with Gasteiger partial charge in [0.25, 0.3) is 0 Å². The predicted molar refractivity (Wildman–Crippen MR) is 122 cm³/mol. The van der Waals surface area contributed by atoms with Crippen LogP contribution in [0.4, 0.5) is 5.82 Å². The van der Waals surface area contributed by atoms with E-state index in [0.717, 1.165) is 73.8 Å². The molecule has 1 aromatic carbocycles. The Hall–Kier alpha value is -2.80. The van der Waals surface area contributed by atoms with Crippen molar-refractivity contribution < 1.29 is 9.59 Å². The number of carbonyl (C=O) groups is 2. The highest BCUT2D eigenvalue weighted by Crippen LogP contribution is 2.35. The van der Waals surface area contributed by atoms with Crippen molar-refractivity contribution in [2.75, 3.05) is 31.1 Å². The molecule has 1 aromatic heterocycles. The SMILES string of the molecule is Cc1nc(C2CCCN2CC(=O)N2CCCC2)nc2c1CCC(=O)N2Cc1ccccc1. The molecule has 7 heteroatoms. The van der Waals surface area contributed by atoms with E-state index in [4.69, 9.17) is 9.97 Å². The third-order valence-corrected chi connectivity index (χ3v) is 7.00. The van der Waals surface area contributed by atoms with Crippen molar-refractivity contribution in [3.8, 4) is 0 Å². The maximum absolute atomic E-state index is 12.9. The van der Waals surface area contributed by atoms with Gasteiger partial charge in [-0.05, 0) is 51.1 Å². The number of amides is 2. The summed E-state index contributed by atoms with van der Waals surface area (Å²) < 4.78 is 0. The number of hydrogen-bond acceptors (Lipinski definition) is 5. The molecule has 2 aromatic rings. The van der Waals surface area contributed by atoms with E-state index in [0.29, 0.717) is 25.9 Å². The second kappa shape index (κ2) is 8.98. The van der Waals surface area contributed by atoms with Gasteiger partial charge in [0, 0.05) is 30.8 Å². The van der Waals surface area contributed by atoms with Gasteiger partial charge in [0.2, 0.25) is 11.8 Å². The van der Waals surface area contributed by atoms with Crippen LogP contribution in [-0.2, 0) is 22.6 Å². The van der Waals surface area contributed by atoms with Gasteiger partial charge in [-0.15, -0.1) is 0 Å². The number of aryl methyl sites for hydroxylation is 1. The van der Waals surface area contributed by atoms with Crippen molar-refractivity contribution >= 4 is 17.6 Å². The zero-order valence-corrected chi connectivity index (χ0v) is 18.8. The maximum atomic E-state index is 12.9. The molecule has 0 saturated carbocycles. The molecular weight excluding hydrogens is 402 g/mol. The van der Waals surface area contributed by atoms with Crippen LogP contribution in [0.2, 0.25) is 0 Å². The topological polar surface area (TPSA) is 69.6 Å². The first-order valence-electron chi connectivity index (χ1n) is 11.8. The Labute approximate surface area is 189 Å². The van der Waals surface area contributed by atoms with E-state index in [1.54, 1.807) is 0 Å². The normalized spacial score (nSPS) is 21.3. The molecule has 32 heavy (non-hydrogen) atoms. The smallest absolute Gasteiger partial charge is 0.236 e. The van der Waals surface area contributed by atoms with Crippen molar-refractivity contribution in [2.45, 2.75) is 58.0 Å². The van der Waals surface area contributed by atoms with Gasteiger partial charge in [-0.25, -0.2) is 9.97 Å². The van der Waals surface area contributed by atoms with Crippen molar-refractivity contribution in [1.29, 1.82) is 0 Å². The minimum atomic E-state index is 0.0288. The van der Waals surface area contributed by atoms with Crippen LogP contribution in [0.3, 0.4) is 0 Å². The summed E-state index contributed by atoms with van der Waals surface area (Å²) >= 11 is 0. The molecule has 0 radical (unpaired) electrons. The highest BCUT2D eigenvalue weighted by Gasteiger charge is 2.34. The zero-order valence-electron chi connectivity index (χ0n) is 18.8. The Morgan fingerprint density at radius 2 is 1.81 bits per heavy atom. The summed E-state index contributed by atoms with van der Waals surface area (Å²) in [6, 6.07) is 10.1. The number of hydrogen-bond donors (Lipinski definition) is 0. The fraction of sp³-hybridized carbons (Fsp3) is 0.520. The van der Waals surface area contributed by atoms with Crippen LogP contribution in [0, 0.1) is 6.92 Å². The lowest BCUT2D eigenvalue weighted by Crippen LogP contribution is -2.39. The summed E-state index contributed by atoms with van der Waals surface area (Å²) in [6.45, 7) is 5.61. The first-order valence-corrected chi connectivity index (χ1v) is 11.8. The van der Waals surface area contributed by atoms with E-state index >= 15 is 0 Å². The minimum Gasteiger partial charge on any atom is -0.342 e. The molecule has 168 valence electrons. The van der Waals surface area contributed by atoms with E-state index in [1.165, 1.54) is 0 Å². The molecule has 2 fully saturated rings. The van der Waals surface area contributed by atoms with Gasteiger partial charge in [-0.3, -0.25) is 19.4 Å². The number of nitrogens with zero attached hydrogens (tertiary/aromatic N) is 5. The summed E-state index contributed by atoms with van der Waals surface area (Å²) in [6.07, 6.45) is 5.36. The van der Waals surface area contributed by atoms with Crippen LogP contribution < -0.4 is 4.90 Å². The predicted octanol–water partition coefficient (Wildman–Crippen LogP) is 3.02. The minimum absolute atomic E-state index is 0.0288. The lowest BCUT2D eigenvalue weighted by atomic mass is 10.0. The Balaban J connectivity index is 1.42. The van der Waals surface area contributed by atoms with E-state index in [2.05, 4.69) is 4.90 Å². The number of likely N-dealkylation sites (tertiary alicyclic amines) is 2.